The monoisotopic (exact) mass is 363 g/mol. The van der Waals surface area contributed by atoms with Gasteiger partial charge in [-0.05, 0) is 56.5 Å². The van der Waals surface area contributed by atoms with Crippen LogP contribution in [0.15, 0.2) is 51.0 Å². The van der Waals surface area contributed by atoms with Crippen molar-refractivity contribution in [3.63, 3.8) is 0 Å². The molecule has 1 heterocycles. The number of aromatic amines is 1. The molecule has 0 aliphatic heterocycles. The topological polar surface area (TPSA) is 87.4 Å². The van der Waals surface area contributed by atoms with E-state index in [9.17, 15) is 14.7 Å². The first kappa shape index (κ1) is 18.4. The van der Waals surface area contributed by atoms with Gasteiger partial charge in [0, 0.05) is 6.21 Å². The van der Waals surface area contributed by atoms with Crippen LogP contribution in [0.2, 0.25) is 0 Å². The molecule has 0 unspecified atom stereocenters. The zero-order chi connectivity index (χ0) is 19.7. The highest BCUT2D eigenvalue weighted by atomic mass is 16.3. The minimum Gasteiger partial charge on any atom is -0.493 e. The second-order valence-corrected chi connectivity index (χ2v) is 6.68. The van der Waals surface area contributed by atoms with Crippen molar-refractivity contribution in [2.24, 2.45) is 4.99 Å². The van der Waals surface area contributed by atoms with E-state index in [1.165, 1.54) is 6.21 Å². The summed E-state index contributed by atoms with van der Waals surface area (Å²) in [5.74, 6) is -0.435. The number of aliphatic imine (C=N–C) groups is 1. The van der Waals surface area contributed by atoms with Gasteiger partial charge in [0.15, 0.2) is 0 Å². The van der Waals surface area contributed by atoms with Gasteiger partial charge < -0.3 is 5.11 Å². The number of hydrogen-bond acceptors (Lipinski definition) is 4. The van der Waals surface area contributed by atoms with E-state index in [-0.39, 0.29) is 5.56 Å². The van der Waals surface area contributed by atoms with Gasteiger partial charge in [-0.15, -0.1) is 0 Å². The first-order chi connectivity index (χ1) is 12.8. The van der Waals surface area contributed by atoms with E-state index in [1.54, 1.807) is 6.07 Å². The Bertz CT molecular complexity index is 1150. The smallest absolute Gasteiger partial charge is 0.335 e. The number of benzene rings is 2. The van der Waals surface area contributed by atoms with Crippen LogP contribution in [-0.4, -0.2) is 20.9 Å². The van der Waals surface area contributed by atoms with E-state index in [0.717, 1.165) is 26.8 Å². The summed E-state index contributed by atoms with van der Waals surface area (Å²) in [4.78, 5) is 31.2. The summed E-state index contributed by atoms with van der Waals surface area (Å²) in [7, 11) is 0. The fraction of sp³-hybridized carbons (Fsp3) is 0.190. The quantitative estimate of drug-likeness (QED) is 0.701. The predicted molar refractivity (Wildman–Crippen MR) is 107 cm³/mol. The number of rotatable bonds is 3. The molecule has 2 aromatic carbocycles. The molecule has 2 N–H and O–H groups in total. The van der Waals surface area contributed by atoms with E-state index in [1.807, 2.05) is 58.0 Å². The molecule has 138 valence electrons. The fourth-order valence-electron chi connectivity index (χ4n) is 3.23. The third-order valence-corrected chi connectivity index (χ3v) is 4.32. The number of H-pyrrole nitrogens is 1. The molecule has 3 rings (SSSR count). The highest BCUT2D eigenvalue weighted by Crippen LogP contribution is 2.24. The van der Waals surface area contributed by atoms with Gasteiger partial charge in [0.2, 0.25) is 5.88 Å². The van der Waals surface area contributed by atoms with Crippen molar-refractivity contribution in [2.75, 3.05) is 0 Å². The normalized spacial score (nSPS) is 11.3. The molecule has 6 heteroatoms. The predicted octanol–water partition coefficient (Wildman–Crippen LogP) is 3.22. The Labute approximate surface area is 156 Å². The number of hydrogen-bond donors (Lipinski definition) is 2. The average Bonchev–Trinajstić information content (AvgIpc) is 2.56. The molecule has 3 aromatic rings. The summed E-state index contributed by atoms with van der Waals surface area (Å²) >= 11 is 0. The zero-order valence-corrected chi connectivity index (χ0v) is 15.7. The van der Waals surface area contributed by atoms with E-state index in [0.29, 0.717) is 11.4 Å². The van der Waals surface area contributed by atoms with Crippen LogP contribution in [0.4, 0.5) is 5.69 Å². The number of nitrogens with zero attached hydrogens (tertiary/aromatic N) is 2. The third kappa shape index (κ3) is 3.60. The van der Waals surface area contributed by atoms with Crippen LogP contribution in [0.5, 0.6) is 5.88 Å². The molecule has 0 bridgehead atoms. The lowest BCUT2D eigenvalue weighted by Crippen LogP contribution is -2.32. The number of aromatic nitrogens is 2. The standard InChI is InChI=1S/C21H21N3O3/c1-12-6-5-7-16(10-12)22-11-17-19(25)23-21(27)24(20(17)26)18-14(3)8-13(2)9-15(18)4/h5-11,26H,1-4H3,(H,23,25,27). The highest BCUT2D eigenvalue weighted by molar-refractivity contribution is 5.84. The largest absolute Gasteiger partial charge is 0.493 e. The van der Waals surface area contributed by atoms with Crippen LogP contribution < -0.4 is 11.2 Å². The van der Waals surface area contributed by atoms with Gasteiger partial charge >= 0.3 is 5.69 Å². The van der Waals surface area contributed by atoms with Gasteiger partial charge in [-0.1, -0.05) is 29.8 Å². The van der Waals surface area contributed by atoms with Crippen LogP contribution in [0.25, 0.3) is 5.69 Å². The van der Waals surface area contributed by atoms with E-state index < -0.39 is 17.1 Å². The van der Waals surface area contributed by atoms with Crippen molar-refractivity contribution in [3.8, 4) is 11.6 Å². The van der Waals surface area contributed by atoms with Crippen molar-refractivity contribution in [3.05, 3.63) is 85.1 Å². The molecule has 27 heavy (non-hydrogen) atoms. The molecule has 0 radical (unpaired) electrons. The summed E-state index contributed by atoms with van der Waals surface area (Å²) in [6.07, 6.45) is 1.28. The first-order valence-corrected chi connectivity index (χ1v) is 8.55. The molecule has 0 saturated carbocycles. The Morgan fingerprint density at radius 1 is 1.00 bits per heavy atom. The maximum Gasteiger partial charge on any atom is 0.335 e. The van der Waals surface area contributed by atoms with Crippen LogP contribution in [0.3, 0.4) is 0 Å². The molecular formula is C21H21N3O3. The van der Waals surface area contributed by atoms with Gasteiger partial charge in [-0.3, -0.25) is 14.8 Å². The highest BCUT2D eigenvalue weighted by Gasteiger charge is 2.17. The molecule has 0 fully saturated rings. The molecule has 0 aliphatic carbocycles. The lowest BCUT2D eigenvalue weighted by atomic mass is 10.0. The van der Waals surface area contributed by atoms with Crippen molar-refractivity contribution in [1.82, 2.24) is 9.55 Å². The zero-order valence-electron chi connectivity index (χ0n) is 15.7. The summed E-state index contributed by atoms with van der Waals surface area (Å²) < 4.78 is 1.11. The van der Waals surface area contributed by atoms with Crippen LogP contribution in [0.1, 0.15) is 27.8 Å². The molecule has 0 spiro atoms. The lowest BCUT2D eigenvalue weighted by molar-refractivity contribution is 0.429. The summed E-state index contributed by atoms with van der Waals surface area (Å²) in [5.41, 5.74) is 3.45. The average molecular weight is 363 g/mol. The summed E-state index contributed by atoms with van der Waals surface area (Å²) in [5, 5.41) is 10.7. The number of aromatic hydroxyl groups is 1. The summed E-state index contributed by atoms with van der Waals surface area (Å²) in [6, 6.07) is 11.3. The van der Waals surface area contributed by atoms with Crippen LogP contribution in [-0.2, 0) is 0 Å². The minimum absolute atomic E-state index is 0.0736. The molecule has 6 nitrogen and oxygen atoms in total. The second-order valence-electron chi connectivity index (χ2n) is 6.68. The lowest BCUT2D eigenvalue weighted by Gasteiger charge is -2.15. The Balaban J connectivity index is 2.21. The molecule has 0 atom stereocenters. The van der Waals surface area contributed by atoms with Gasteiger partial charge in [-0.25, -0.2) is 9.36 Å². The van der Waals surface area contributed by atoms with E-state index in [2.05, 4.69) is 9.98 Å². The van der Waals surface area contributed by atoms with E-state index in [4.69, 9.17) is 0 Å². The number of nitrogens with one attached hydrogen (secondary N) is 1. The first-order valence-electron chi connectivity index (χ1n) is 8.55. The van der Waals surface area contributed by atoms with Crippen molar-refractivity contribution in [2.45, 2.75) is 27.7 Å². The Morgan fingerprint density at radius 3 is 2.30 bits per heavy atom. The Kier molecular flexibility index (Phi) is 4.81. The van der Waals surface area contributed by atoms with Crippen molar-refractivity contribution < 1.29 is 5.11 Å². The summed E-state index contributed by atoms with van der Waals surface area (Å²) in [6.45, 7) is 7.60. The molecule has 0 aliphatic rings. The van der Waals surface area contributed by atoms with Crippen molar-refractivity contribution >= 4 is 11.9 Å². The maximum absolute atomic E-state index is 12.4. The minimum atomic E-state index is -0.694. The molecule has 0 saturated heterocycles. The molecular weight excluding hydrogens is 342 g/mol. The SMILES string of the molecule is Cc1cccc(N=Cc2c(O)n(-c3c(C)cc(C)cc3C)c(=O)[nH]c2=O)c1. The van der Waals surface area contributed by atoms with E-state index >= 15 is 0 Å². The maximum atomic E-state index is 12.4. The van der Waals surface area contributed by atoms with Crippen molar-refractivity contribution in [1.29, 1.82) is 0 Å². The molecule has 0 amide bonds. The number of aryl methyl sites for hydroxylation is 4. The Morgan fingerprint density at radius 2 is 1.67 bits per heavy atom. The third-order valence-electron chi connectivity index (χ3n) is 4.32. The van der Waals surface area contributed by atoms with Gasteiger partial charge in [0.05, 0.1) is 11.4 Å². The van der Waals surface area contributed by atoms with Crippen LogP contribution >= 0.6 is 0 Å². The second kappa shape index (κ2) is 7.07. The fourth-order valence-corrected chi connectivity index (χ4v) is 3.23. The van der Waals surface area contributed by atoms with Gasteiger partial charge in [0.1, 0.15) is 5.56 Å². The Hall–Kier alpha value is -3.41. The van der Waals surface area contributed by atoms with Crippen LogP contribution in [0, 0.1) is 27.7 Å². The van der Waals surface area contributed by atoms with Gasteiger partial charge in [0.25, 0.3) is 5.56 Å². The molecule has 1 aromatic heterocycles. The van der Waals surface area contributed by atoms with Gasteiger partial charge in [-0.2, -0.15) is 0 Å².